The number of hydrogen-bond donors (Lipinski definition) is 1. The van der Waals surface area contributed by atoms with Gasteiger partial charge in [-0.1, -0.05) is 56.3 Å². The van der Waals surface area contributed by atoms with E-state index in [0.717, 1.165) is 43.5 Å². The zero-order valence-corrected chi connectivity index (χ0v) is 24.7. The summed E-state index contributed by atoms with van der Waals surface area (Å²) in [6, 6.07) is 13.1. The first-order chi connectivity index (χ1) is 19.7. The highest BCUT2D eigenvalue weighted by Gasteiger charge is 2.67. The maximum Gasteiger partial charge on any atom is 0.337 e. The van der Waals surface area contributed by atoms with Crippen LogP contribution in [0.3, 0.4) is 0 Å². The van der Waals surface area contributed by atoms with Crippen molar-refractivity contribution in [1.29, 1.82) is 0 Å². The molecule has 41 heavy (non-hydrogen) atoms. The van der Waals surface area contributed by atoms with Gasteiger partial charge in [-0.3, -0.25) is 4.90 Å². The molecule has 9 heteroatoms. The number of rotatable bonds is 10. The van der Waals surface area contributed by atoms with E-state index >= 15 is 0 Å². The molecule has 0 aromatic heterocycles. The van der Waals surface area contributed by atoms with E-state index in [0.29, 0.717) is 30.5 Å². The number of hydrogen-bond acceptors (Lipinski definition) is 7. The number of piperidine rings is 1. The lowest BCUT2D eigenvalue weighted by Crippen LogP contribution is -2.69. The molecule has 220 valence electrons. The third kappa shape index (κ3) is 4.71. The monoisotopic (exact) mass is 580 g/mol. The second-order valence-electron chi connectivity index (χ2n) is 12.4. The summed E-state index contributed by atoms with van der Waals surface area (Å²) in [5.74, 6) is 0.461. The van der Waals surface area contributed by atoms with Gasteiger partial charge in [-0.2, -0.15) is 4.31 Å². The molecule has 6 rings (SSSR count). The van der Waals surface area contributed by atoms with Crippen molar-refractivity contribution in [3.05, 3.63) is 71.8 Å². The lowest BCUT2D eigenvalue weighted by molar-refractivity contribution is -0.137. The molecule has 2 bridgehead atoms. The molecule has 1 saturated carbocycles. The normalized spacial score (nSPS) is 28.3. The summed E-state index contributed by atoms with van der Waals surface area (Å²) in [6.07, 6.45) is 4.84. The SMILES string of the molecule is C=CCN1CC[C@]23c4c5ccc(OC(=O)CO)c4OC2C(N(CC(C)C)S(=O)(=O)Cc2ccccc2)CC[C@H]3[C@H]1C5. The van der Waals surface area contributed by atoms with Crippen molar-refractivity contribution in [1.82, 2.24) is 9.21 Å². The van der Waals surface area contributed by atoms with Crippen molar-refractivity contribution in [3.8, 4) is 11.5 Å². The van der Waals surface area contributed by atoms with E-state index in [9.17, 15) is 18.3 Å². The number of likely N-dealkylation sites (tertiary alicyclic amines) is 1. The number of benzene rings is 2. The first-order valence-electron chi connectivity index (χ1n) is 14.7. The fourth-order valence-electron chi connectivity index (χ4n) is 8.19. The van der Waals surface area contributed by atoms with Gasteiger partial charge in [-0.25, -0.2) is 13.2 Å². The van der Waals surface area contributed by atoms with Gasteiger partial charge in [0.2, 0.25) is 10.0 Å². The van der Waals surface area contributed by atoms with E-state index < -0.39 is 28.7 Å². The third-order valence-electron chi connectivity index (χ3n) is 9.57. The quantitative estimate of drug-likeness (QED) is 0.260. The number of aliphatic hydroxyl groups is 1. The minimum Gasteiger partial charge on any atom is -0.484 e. The van der Waals surface area contributed by atoms with Gasteiger partial charge in [-0.15, -0.1) is 6.58 Å². The van der Waals surface area contributed by atoms with Crippen molar-refractivity contribution < 1.29 is 27.8 Å². The summed E-state index contributed by atoms with van der Waals surface area (Å²) < 4.78 is 42.5. The van der Waals surface area contributed by atoms with Gasteiger partial charge in [0.25, 0.3) is 0 Å². The van der Waals surface area contributed by atoms with Crippen molar-refractivity contribution in [2.75, 3.05) is 26.2 Å². The number of aliphatic hydroxyl groups excluding tert-OH is 1. The van der Waals surface area contributed by atoms with Crippen LogP contribution in [0.1, 0.15) is 49.8 Å². The second kappa shape index (κ2) is 10.8. The van der Waals surface area contributed by atoms with Gasteiger partial charge < -0.3 is 14.6 Å². The molecular weight excluding hydrogens is 540 g/mol. The molecule has 2 unspecified atom stereocenters. The van der Waals surface area contributed by atoms with Crippen LogP contribution in [-0.2, 0) is 32.4 Å². The van der Waals surface area contributed by atoms with Crippen LogP contribution in [0.25, 0.3) is 0 Å². The van der Waals surface area contributed by atoms with Crippen molar-refractivity contribution in [3.63, 3.8) is 0 Å². The smallest absolute Gasteiger partial charge is 0.337 e. The highest BCUT2D eigenvalue weighted by Crippen LogP contribution is 2.64. The number of esters is 1. The molecule has 2 aliphatic carbocycles. The second-order valence-corrected chi connectivity index (χ2v) is 14.3. The Labute approximate surface area is 243 Å². The largest absolute Gasteiger partial charge is 0.484 e. The van der Waals surface area contributed by atoms with Crippen LogP contribution in [-0.4, -0.2) is 73.1 Å². The summed E-state index contributed by atoms with van der Waals surface area (Å²) in [5.41, 5.74) is 2.64. The van der Waals surface area contributed by atoms with E-state index in [2.05, 4.69) is 11.5 Å². The van der Waals surface area contributed by atoms with E-state index in [1.807, 2.05) is 56.3 Å². The number of carbonyl (C=O) groups is 1. The number of carbonyl (C=O) groups excluding carboxylic acids is 1. The summed E-state index contributed by atoms with van der Waals surface area (Å²) in [4.78, 5) is 14.7. The highest BCUT2D eigenvalue weighted by atomic mass is 32.2. The lowest BCUT2D eigenvalue weighted by Gasteiger charge is -2.60. The Morgan fingerprint density at radius 2 is 2.02 bits per heavy atom. The molecule has 5 atom stereocenters. The summed E-state index contributed by atoms with van der Waals surface area (Å²) in [6.45, 7) is 9.44. The van der Waals surface area contributed by atoms with Gasteiger partial charge in [-0.05, 0) is 61.3 Å². The molecule has 4 aliphatic rings. The Balaban J connectivity index is 1.46. The summed E-state index contributed by atoms with van der Waals surface area (Å²) in [7, 11) is -3.68. The molecule has 0 radical (unpaired) electrons. The highest BCUT2D eigenvalue weighted by molar-refractivity contribution is 7.88. The van der Waals surface area contributed by atoms with Crippen LogP contribution in [0.2, 0.25) is 0 Å². The lowest BCUT2D eigenvalue weighted by atomic mass is 9.51. The first-order valence-corrected chi connectivity index (χ1v) is 16.3. The number of ether oxygens (including phenoxy) is 2. The predicted octanol–water partition coefficient (Wildman–Crippen LogP) is 3.67. The fraction of sp³-hybridized carbons (Fsp3) is 0.531. The van der Waals surface area contributed by atoms with Crippen LogP contribution in [0.15, 0.2) is 55.1 Å². The van der Waals surface area contributed by atoms with Crippen LogP contribution < -0.4 is 9.47 Å². The average molecular weight is 581 g/mol. The minimum atomic E-state index is -3.68. The summed E-state index contributed by atoms with van der Waals surface area (Å²) in [5, 5.41) is 9.39. The zero-order chi connectivity index (χ0) is 28.9. The van der Waals surface area contributed by atoms with Crippen molar-refractivity contribution >= 4 is 16.0 Å². The molecule has 2 heterocycles. The Morgan fingerprint density at radius 3 is 2.73 bits per heavy atom. The minimum absolute atomic E-state index is 0.0620. The molecular formula is C32H40N2O6S. The Morgan fingerprint density at radius 1 is 1.24 bits per heavy atom. The third-order valence-corrected chi connectivity index (χ3v) is 11.4. The van der Waals surface area contributed by atoms with Gasteiger partial charge in [0.05, 0.1) is 11.8 Å². The molecule has 2 fully saturated rings. The molecule has 2 aliphatic heterocycles. The van der Waals surface area contributed by atoms with Crippen molar-refractivity contribution in [2.45, 2.75) is 68.9 Å². The van der Waals surface area contributed by atoms with Gasteiger partial charge >= 0.3 is 5.97 Å². The molecule has 8 nitrogen and oxygen atoms in total. The Kier molecular flexibility index (Phi) is 7.51. The topological polar surface area (TPSA) is 96.4 Å². The van der Waals surface area contributed by atoms with E-state index in [-0.39, 0.29) is 29.0 Å². The van der Waals surface area contributed by atoms with Crippen LogP contribution >= 0.6 is 0 Å². The maximum atomic E-state index is 14.2. The van der Waals surface area contributed by atoms with E-state index in [1.54, 1.807) is 10.4 Å². The summed E-state index contributed by atoms with van der Waals surface area (Å²) >= 11 is 0. The number of sulfonamides is 1. The van der Waals surface area contributed by atoms with Crippen LogP contribution in [0, 0.1) is 11.8 Å². The standard InChI is InChI=1S/C32H40N2O6S/c1-4-15-33-16-14-32-24-11-12-25(34(18-21(2)3)41(37,38)20-22-8-6-5-7-9-22)31(32)40-30-27(39-28(36)19-35)13-10-23(29(30)32)17-26(24)33/h4-10,13,21,24-26,31,35H,1,11-12,14-20H2,2-3H3/t24-,25?,26+,31?,32-/m0/s1. The molecule has 0 amide bonds. The average Bonchev–Trinajstić information content (AvgIpc) is 3.29. The molecule has 1 N–H and O–H groups in total. The predicted molar refractivity (Wildman–Crippen MR) is 156 cm³/mol. The van der Waals surface area contributed by atoms with Gasteiger partial charge in [0, 0.05) is 30.1 Å². The van der Waals surface area contributed by atoms with Gasteiger partial charge in [0.15, 0.2) is 11.5 Å². The number of nitrogens with zero attached hydrogens (tertiary/aromatic N) is 2. The fourth-order valence-corrected chi connectivity index (χ4v) is 10.1. The first kappa shape index (κ1) is 28.4. The zero-order valence-electron chi connectivity index (χ0n) is 23.9. The molecule has 2 aromatic carbocycles. The molecule has 1 saturated heterocycles. The Hall–Kier alpha value is -2.72. The molecule has 1 spiro atoms. The van der Waals surface area contributed by atoms with E-state index in [4.69, 9.17) is 9.47 Å². The Bertz CT molecular complexity index is 1430. The van der Waals surface area contributed by atoms with E-state index in [1.165, 1.54) is 5.56 Å². The van der Waals surface area contributed by atoms with Crippen molar-refractivity contribution in [2.24, 2.45) is 11.8 Å². The maximum absolute atomic E-state index is 14.2. The van der Waals surface area contributed by atoms with Gasteiger partial charge in [0.1, 0.15) is 12.7 Å². The molecule has 2 aromatic rings. The van der Waals surface area contributed by atoms with Crippen LogP contribution in [0.5, 0.6) is 11.5 Å². The van der Waals surface area contributed by atoms with Crippen LogP contribution in [0.4, 0.5) is 0 Å².